The first-order valence-corrected chi connectivity index (χ1v) is 9.45. The maximum atomic E-state index is 12.6. The lowest BCUT2D eigenvalue weighted by atomic mass is 9.98. The lowest BCUT2D eigenvalue weighted by Crippen LogP contribution is -2.52. The third-order valence-electron chi connectivity index (χ3n) is 4.72. The molecule has 0 aliphatic carbocycles. The number of hydrogen-bond donors (Lipinski definition) is 3. The van der Waals surface area contributed by atoms with E-state index in [0.29, 0.717) is 12.8 Å². The van der Waals surface area contributed by atoms with E-state index in [0.717, 1.165) is 11.1 Å². The monoisotopic (exact) mass is 384 g/mol. The summed E-state index contributed by atoms with van der Waals surface area (Å²) in [6.07, 6.45) is 1.01. The van der Waals surface area contributed by atoms with Gasteiger partial charge in [0.05, 0.1) is 6.04 Å². The van der Waals surface area contributed by atoms with Gasteiger partial charge in [0.25, 0.3) is 0 Å². The predicted octanol–water partition coefficient (Wildman–Crippen LogP) is 2.54. The zero-order chi connectivity index (χ0) is 20.5. The van der Waals surface area contributed by atoms with Crippen molar-refractivity contribution < 1.29 is 19.4 Å². The molecule has 0 bridgehead atoms. The first kappa shape index (κ1) is 21.4. The number of phenols is 1. The molecule has 3 atom stereocenters. The molecule has 4 N–H and O–H groups in total. The zero-order valence-corrected chi connectivity index (χ0v) is 16.3. The van der Waals surface area contributed by atoms with Crippen LogP contribution in [0.5, 0.6) is 5.75 Å². The first-order chi connectivity index (χ1) is 13.4. The Balaban J connectivity index is 1.96. The molecule has 2 aromatic carbocycles. The number of ether oxygens (including phenoxy) is 1. The molecule has 0 heterocycles. The van der Waals surface area contributed by atoms with Gasteiger partial charge in [-0.25, -0.2) is 4.79 Å². The number of phenolic OH excluding ortho intramolecular Hbond substituents is 1. The highest BCUT2D eigenvalue weighted by molar-refractivity contribution is 5.87. The average Bonchev–Trinajstić information content (AvgIpc) is 2.71. The summed E-state index contributed by atoms with van der Waals surface area (Å²) in [5, 5.41) is 12.1. The van der Waals surface area contributed by atoms with Gasteiger partial charge in [-0.15, -0.1) is 0 Å². The van der Waals surface area contributed by atoms with Gasteiger partial charge in [-0.1, -0.05) is 62.7 Å². The Hall–Kier alpha value is -2.86. The summed E-state index contributed by atoms with van der Waals surface area (Å²) in [4.78, 5) is 25.1. The molecule has 0 fully saturated rings. The molecular weight excluding hydrogens is 356 g/mol. The highest BCUT2D eigenvalue weighted by Crippen LogP contribution is 2.13. The van der Waals surface area contributed by atoms with Gasteiger partial charge in [-0.2, -0.15) is 0 Å². The molecule has 0 aromatic heterocycles. The van der Waals surface area contributed by atoms with Crippen LogP contribution < -0.4 is 11.1 Å². The molecule has 6 nitrogen and oxygen atoms in total. The first-order valence-electron chi connectivity index (χ1n) is 9.45. The largest absolute Gasteiger partial charge is 0.508 e. The van der Waals surface area contributed by atoms with Crippen LogP contribution in [0.4, 0.5) is 0 Å². The van der Waals surface area contributed by atoms with Crippen LogP contribution in [-0.2, 0) is 27.4 Å². The Morgan fingerprint density at radius 3 is 2.32 bits per heavy atom. The van der Waals surface area contributed by atoms with Gasteiger partial charge in [0.2, 0.25) is 5.91 Å². The zero-order valence-electron chi connectivity index (χ0n) is 16.3. The van der Waals surface area contributed by atoms with Gasteiger partial charge in [0.1, 0.15) is 18.4 Å². The van der Waals surface area contributed by atoms with Gasteiger partial charge in [0, 0.05) is 0 Å². The third-order valence-corrected chi connectivity index (χ3v) is 4.72. The van der Waals surface area contributed by atoms with Crippen LogP contribution in [0, 0.1) is 5.92 Å². The summed E-state index contributed by atoms with van der Waals surface area (Å²) >= 11 is 0. The lowest BCUT2D eigenvalue weighted by Gasteiger charge is -2.24. The SMILES string of the molecule is CC[C@H](C)[C@H](NC(=O)[C@@H](N)Cc1ccc(O)cc1)C(=O)OCc1ccccc1. The van der Waals surface area contributed by atoms with Crippen molar-refractivity contribution in [2.45, 2.75) is 45.4 Å². The van der Waals surface area contributed by atoms with E-state index in [4.69, 9.17) is 10.5 Å². The van der Waals surface area contributed by atoms with Crippen molar-refractivity contribution in [2.75, 3.05) is 0 Å². The number of amides is 1. The molecule has 0 unspecified atom stereocenters. The van der Waals surface area contributed by atoms with Crippen molar-refractivity contribution in [3.63, 3.8) is 0 Å². The molecule has 2 aromatic rings. The molecule has 0 aliphatic rings. The number of benzene rings is 2. The summed E-state index contributed by atoms with van der Waals surface area (Å²) in [5.74, 6) is -0.814. The molecule has 0 radical (unpaired) electrons. The second kappa shape index (κ2) is 10.5. The van der Waals surface area contributed by atoms with Gasteiger partial charge < -0.3 is 20.9 Å². The number of hydrogen-bond acceptors (Lipinski definition) is 5. The maximum Gasteiger partial charge on any atom is 0.329 e. The van der Waals surface area contributed by atoms with Crippen molar-refractivity contribution in [2.24, 2.45) is 11.7 Å². The number of nitrogens with one attached hydrogen (secondary N) is 1. The molecule has 0 aliphatic heterocycles. The smallest absolute Gasteiger partial charge is 0.329 e. The number of esters is 1. The van der Waals surface area contributed by atoms with Crippen molar-refractivity contribution in [3.05, 3.63) is 65.7 Å². The number of carbonyl (C=O) groups excluding carboxylic acids is 2. The normalized spacial score (nSPS) is 14.0. The van der Waals surface area contributed by atoms with E-state index in [9.17, 15) is 14.7 Å². The minimum Gasteiger partial charge on any atom is -0.508 e. The predicted molar refractivity (Wildman–Crippen MR) is 107 cm³/mol. The van der Waals surface area contributed by atoms with E-state index in [1.165, 1.54) is 0 Å². The van der Waals surface area contributed by atoms with E-state index >= 15 is 0 Å². The Labute approximate surface area is 165 Å². The van der Waals surface area contributed by atoms with Crippen LogP contribution in [0.1, 0.15) is 31.4 Å². The molecule has 0 spiro atoms. The number of nitrogens with two attached hydrogens (primary N) is 1. The van der Waals surface area contributed by atoms with E-state index in [-0.39, 0.29) is 18.3 Å². The fourth-order valence-corrected chi connectivity index (χ4v) is 2.73. The standard InChI is InChI=1S/C22H28N2O4/c1-3-15(2)20(22(27)28-14-17-7-5-4-6-8-17)24-21(26)19(23)13-16-9-11-18(25)12-10-16/h4-12,15,19-20,25H,3,13-14,23H2,1-2H3,(H,24,26)/t15-,19-,20-/m0/s1. The van der Waals surface area contributed by atoms with Gasteiger partial charge in [-0.3, -0.25) is 4.79 Å². The molecule has 150 valence electrons. The Morgan fingerprint density at radius 1 is 1.07 bits per heavy atom. The van der Waals surface area contributed by atoms with Crippen molar-refractivity contribution >= 4 is 11.9 Å². The van der Waals surface area contributed by atoms with Gasteiger partial charge >= 0.3 is 5.97 Å². The number of aromatic hydroxyl groups is 1. The summed E-state index contributed by atoms with van der Waals surface area (Å²) in [5.41, 5.74) is 7.73. The minimum atomic E-state index is -0.807. The van der Waals surface area contributed by atoms with Crippen LogP contribution in [0.3, 0.4) is 0 Å². The number of carbonyl (C=O) groups is 2. The van der Waals surface area contributed by atoms with E-state index in [1.807, 2.05) is 44.2 Å². The quantitative estimate of drug-likeness (QED) is 0.577. The molecular formula is C22H28N2O4. The summed E-state index contributed by atoms with van der Waals surface area (Å²) < 4.78 is 5.40. The highest BCUT2D eigenvalue weighted by Gasteiger charge is 2.29. The second-order valence-electron chi connectivity index (χ2n) is 6.94. The number of rotatable bonds is 9. The van der Waals surface area contributed by atoms with E-state index in [1.54, 1.807) is 24.3 Å². The van der Waals surface area contributed by atoms with Crippen molar-refractivity contribution in [3.8, 4) is 5.75 Å². The van der Waals surface area contributed by atoms with Crippen LogP contribution in [-0.4, -0.2) is 29.1 Å². The summed E-state index contributed by atoms with van der Waals surface area (Å²) in [7, 11) is 0. The van der Waals surface area contributed by atoms with Crippen molar-refractivity contribution in [1.29, 1.82) is 0 Å². The lowest BCUT2D eigenvalue weighted by molar-refractivity contribution is -0.150. The van der Waals surface area contributed by atoms with Crippen LogP contribution in [0.15, 0.2) is 54.6 Å². The van der Waals surface area contributed by atoms with Crippen molar-refractivity contribution in [1.82, 2.24) is 5.32 Å². The van der Waals surface area contributed by atoms with E-state index < -0.39 is 24.0 Å². The van der Waals surface area contributed by atoms with Gasteiger partial charge in [-0.05, 0) is 35.6 Å². The second-order valence-corrected chi connectivity index (χ2v) is 6.94. The molecule has 1 amide bonds. The highest BCUT2D eigenvalue weighted by atomic mass is 16.5. The Bertz CT molecular complexity index is 762. The maximum absolute atomic E-state index is 12.6. The van der Waals surface area contributed by atoms with Crippen LogP contribution in [0.25, 0.3) is 0 Å². The fourth-order valence-electron chi connectivity index (χ4n) is 2.73. The minimum absolute atomic E-state index is 0.0897. The molecule has 0 saturated carbocycles. The fraction of sp³-hybridized carbons (Fsp3) is 0.364. The molecule has 28 heavy (non-hydrogen) atoms. The third kappa shape index (κ3) is 6.39. The Kier molecular flexibility index (Phi) is 8.02. The van der Waals surface area contributed by atoms with Crippen LogP contribution in [0.2, 0.25) is 0 Å². The summed E-state index contributed by atoms with van der Waals surface area (Å²) in [6, 6.07) is 14.3. The Morgan fingerprint density at radius 2 is 1.71 bits per heavy atom. The average molecular weight is 384 g/mol. The molecule has 0 saturated heterocycles. The molecule has 6 heteroatoms. The topological polar surface area (TPSA) is 102 Å². The summed E-state index contributed by atoms with van der Waals surface area (Å²) in [6.45, 7) is 3.99. The molecule has 2 rings (SSSR count). The van der Waals surface area contributed by atoms with Gasteiger partial charge in [0.15, 0.2) is 0 Å². The van der Waals surface area contributed by atoms with E-state index in [2.05, 4.69) is 5.32 Å². The van der Waals surface area contributed by atoms with Crippen LogP contribution >= 0.6 is 0 Å².